The molecule has 3 unspecified atom stereocenters. The van der Waals surface area contributed by atoms with Gasteiger partial charge in [-0.3, -0.25) is 4.98 Å². The molecule has 5 rings (SSSR count). The summed E-state index contributed by atoms with van der Waals surface area (Å²) < 4.78 is 5.78. The van der Waals surface area contributed by atoms with Crippen LogP contribution in [0.25, 0.3) is 22.2 Å². The standard InChI is InChI=1S/C25H28N2O3/c1-24(2)11-17-12-25(3,14-24)15-27(17)13-19-21(28)8-7-16-10-18(23(29)30-22(16)19)20-6-4-5-9-26-20/h4-10,17,28H,11-15H2,1-3H3/p+1. The van der Waals surface area contributed by atoms with E-state index in [9.17, 15) is 9.90 Å². The normalized spacial score (nSPS) is 27.4. The molecule has 1 saturated heterocycles. The van der Waals surface area contributed by atoms with Crippen molar-refractivity contribution in [3.63, 3.8) is 0 Å². The number of likely N-dealkylation sites (tertiary alicyclic amines) is 1. The van der Waals surface area contributed by atoms with Crippen LogP contribution in [0.5, 0.6) is 5.75 Å². The molecule has 0 spiro atoms. The van der Waals surface area contributed by atoms with Crippen molar-refractivity contribution in [2.24, 2.45) is 10.8 Å². The van der Waals surface area contributed by atoms with Gasteiger partial charge in [-0.05, 0) is 42.2 Å². The molecule has 2 aromatic heterocycles. The number of nitrogens with zero attached hydrogens (tertiary/aromatic N) is 1. The van der Waals surface area contributed by atoms with E-state index >= 15 is 0 Å². The largest absolute Gasteiger partial charge is 0.507 e. The van der Waals surface area contributed by atoms with E-state index in [1.54, 1.807) is 18.3 Å². The number of quaternary nitrogens is 1. The molecular formula is C25H29N2O3+. The maximum Gasteiger partial charge on any atom is 0.345 e. The molecule has 1 aliphatic carbocycles. The molecule has 30 heavy (non-hydrogen) atoms. The number of fused-ring (bicyclic) bond motifs is 3. The third-order valence-corrected chi connectivity index (χ3v) is 7.00. The lowest BCUT2D eigenvalue weighted by atomic mass is 9.65. The van der Waals surface area contributed by atoms with E-state index in [-0.39, 0.29) is 5.75 Å². The highest BCUT2D eigenvalue weighted by Crippen LogP contribution is 2.47. The first-order chi connectivity index (χ1) is 14.2. The molecular weight excluding hydrogens is 376 g/mol. The van der Waals surface area contributed by atoms with E-state index in [0.29, 0.717) is 40.3 Å². The van der Waals surface area contributed by atoms with Gasteiger partial charge in [0.05, 0.1) is 29.4 Å². The number of nitrogens with one attached hydrogen (secondary N) is 1. The molecule has 156 valence electrons. The number of pyridine rings is 1. The number of phenols is 1. The van der Waals surface area contributed by atoms with Gasteiger partial charge in [-0.2, -0.15) is 0 Å². The Balaban J connectivity index is 1.55. The molecule has 5 nitrogen and oxygen atoms in total. The number of benzene rings is 1. The van der Waals surface area contributed by atoms with Gasteiger partial charge in [0.15, 0.2) is 5.58 Å². The maximum absolute atomic E-state index is 12.8. The van der Waals surface area contributed by atoms with Gasteiger partial charge in [-0.1, -0.05) is 26.8 Å². The Bertz CT molecular complexity index is 1170. The summed E-state index contributed by atoms with van der Waals surface area (Å²) in [5.74, 6) is 0.203. The summed E-state index contributed by atoms with van der Waals surface area (Å²) in [6.45, 7) is 8.90. The minimum Gasteiger partial charge on any atom is -0.507 e. The number of aromatic nitrogens is 1. The predicted molar refractivity (Wildman–Crippen MR) is 116 cm³/mol. The van der Waals surface area contributed by atoms with E-state index in [1.807, 2.05) is 24.3 Å². The van der Waals surface area contributed by atoms with Crippen LogP contribution < -0.4 is 10.5 Å². The second-order valence-corrected chi connectivity index (χ2v) is 10.4. The van der Waals surface area contributed by atoms with Gasteiger partial charge in [0.1, 0.15) is 12.3 Å². The summed E-state index contributed by atoms with van der Waals surface area (Å²) in [5, 5.41) is 11.5. The Morgan fingerprint density at radius 1 is 1.20 bits per heavy atom. The van der Waals surface area contributed by atoms with E-state index in [4.69, 9.17) is 4.42 Å². The number of phenolic OH excluding ortho intramolecular Hbond substituents is 1. The molecule has 1 saturated carbocycles. The van der Waals surface area contributed by atoms with Crippen LogP contribution in [0.15, 0.2) is 51.8 Å². The second-order valence-electron chi connectivity index (χ2n) is 10.4. The van der Waals surface area contributed by atoms with Crippen LogP contribution in [-0.4, -0.2) is 22.7 Å². The van der Waals surface area contributed by atoms with E-state index in [0.717, 1.165) is 17.5 Å². The van der Waals surface area contributed by atoms with Gasteiger partial charge < -0.3 is 14.4 Å². The summed E-state index contributed by atoms with van der Waals surface area (Å²) in [5.41, 5.74) is 2.55. The quantitative estimate of drug-likeness (QED) is 0.654. The molecule has 2 fully saturated rings. The van der Waals surface area contributed by atoms with E-state index in [2.05, 4.69) is 25.8 Å². The predicted octanol–water partition coefficient (Wildman–Crippen LogP) is 3.54. The van der Waals surface area contributed by atoms with Gasteiger partial charge in [0.2, 0.25) is 0 Å². The Labute approximate surface area is 176 Å². The Morgan fingerprint density at radius 3 is 2.80 bits per heavy atom. The van der Waals surface area contributed by atoms with Gasteiger partial charge in [0, 0.05) is 29.8 Å². The number of rotatable bonds is 3. The first-order valence-electron chi connectivity index (χ1n) is 10.8. The van der Waals surface area contributed by atoms with Crippen molar-refractivity contribution >= 4 is 11.0 Å². The fourth-order valence-corrected chi connectivity index (χ4v) is 6.29. The van der Waals surface area contributed by atoms with Crippen LogP contribution in [0.2, 0.25) is 0 Å². The first kappa shape index (κ1) is 19.3. The molecule has 2 N–H and O–H groups in total. The van der Waals surface area contributed by atoms with Gasteiger partial charge in [0.25, 0.3) is 0 Å². The van der Waals surface area contributed by atoms with Crippen molar-refractivity contribution < 1.29 is 14.4 Å². The minimum atomic E-state index is -0.420. The molecule has 2 aliphatic rings. The van der Waals surface area contributed by atoms with Gasteiger partial charge >= 0.3 is 5.63 Å². The molecule has 1 aromatic carbocycles. The Hall–Kier alpha value is -2.66. The molecule has 0 radical (unpaired) electrons. The zero-order valence-electron chi connectivity index (χ0n) is 17.9. The molecule has 3 heterocycles. The zero-order valence-corrected chi connectivity index (χ0v) is 17.9. The molecule has 3 aromatic rings. The summed E-state index contributed by atoms with van der Waals surface area (Å²) in [6.07, 6.45) is 5.32. The SMILES string of the molecule is CC1(C)CC2CC(C)(C[NH+]2Cc2c(O)ccc3cc(-c4ccccn4)c(=O)oc23)C1. The van der Waals surface area contributed by atoms with Crippen molar-refractivity contribution in [3.8, 4) is 17.0 Å². The lowest BCUT2D eigenvalue weighted by Crippen LogP contribution is -3.12. The van der Waals surface area contributed by atoms with Gasteiger partial charge in [-0.15, -0.1) is 0 Å². The average molecular weight is 406 g/mol. The van der Waals surface area contributed by atoms with Crippen molar-refractivity contribution in [3.05, 3.63) is 58.6 Å². The number of aromatic hydroxyl groups is 1. The summed E-state index contributed by atoms with van der Waals surface area (Å²) in [6, 6.07) is 11.4. The maximum atomic E-state index is 12.8. The Morgan fingerprint density at radius 2 is 2.03 bits per heavy atom. The monoisotopic (exact) mass is 405 g/mol. The molecule has 5 heteroatoms. The van der Waals surface area contributed by atoms with Gasteiger partial charge in [-0.25, -0.2) is 4.79 Å². The summed E-state index contributed by atoms with van der Waals surface area (Å²) >= 11 is 0. The summed E-state index contributed by atoms with van der Waals surface area (Å²) in [7, 11) is 0. The fourth-order valence-electron chi connectivity index (χ4n) is 6.29. The smallest absolute Gasteiger partial charge is 0.345 e. The number of hydrogen-bond acceptors (Lipinski definition) is 4. The highest BCUT2D eigenvalue weighted by molar-refractivity contribution is 5.85. The summed E-state index contributed by atoms with van der Waals surface area (Å²) in [4.78, 5) is 18.5. The minimum absolute atomic E-state index is 0.203. The number of hydrogen-bond donors (Lipinski definition) is 2. The van der Waals surface area contributed by atoms with Crippen LogP contribution in [0, 0.1) is 10.8 Å². The highest BCUT2D eigenvalue weighted by Gasteiger charge is 2.52. The van der Waals surface area contributed by atoms with Crippen LogP contribution in [0.4, 0.5) is 0 Å². The third-order valence-electron chi connectivity index (χ3n) is 7.00. The lowest BCUT2D eigenvalue weighted by molar-refractivity contribution is -0.928. The molecule has 0 amide bonds. The van der Waals surface area contributed by atoms with Crippen LogP contribution in [-0.2, 0) is 6.54 Å². The van der Waals surface area contributed by atoms with Crippen molar-refractivity contribution in [2.75, 3.05) is 6.54 Å². The zero-order chi connectivity index (χ0) is 21.1. The molecule has 3 atom stereocenters. The molecule has 2 bridgehead atoms. The molecule has 1 aliphatic heterocycles. The lowest BCUT2D eigenvalue weighted by Gasteiger charge is -2.37. The second kappa shape index (κ2) is 6.67. The average Bonchev–Trinajstić information content (AvgIpc) is 2.92. The van der Waals surface area contributed by atoms with Crippen molar-refractivity contribution in [2.45, 2.75) is 52.6 Å². The van der Waals surface area contributed by atoms with Crippen molar-refractivity contribution in [1.82, 2.24) is 4.98 Å². The van der Waals surface area contributed by atoms with E-state index < -0.39 is 5.63 Å². The van der Waals surface area contributed by atoms with Crippen LogP contribution >= 0.6 is 0 Å². The highest BCUT2D eigenvalue weighted by atomic mass is 16.4. The third kappa shape index (κ3) is 3.31. The first-order valence-corrected chi connectivity index (χ1v) is 10.8. The Kier molecular flexibility index (Phi) is 4.30. The van der Waals surface area contributed by atoms with Crippen LogP contribution in [0.1, 0.15) is 45.6 Å². The van der Waals surface area contributed by atoms with Crippen LogP contribution in [0.3, 0.4) is 0 Å². The van der Waals surface area contributed by atoms with E-state index in [1.165, 1.54) is 24.2 Å². The van der Waals surface area contributed by atoms with Crippen molar-refractivity contribution in [1.29, 1.82) is 0 Å². The fraction of sp³-hybridized carbons (Fsp3) is 0.440. The topological polar surface area (TPSA) is 67.8 Å².